The Morgan fingerprint density at radius 3 is 2.66 bits per heavy atom. The fourth-order valence-electron chi connectivity index (χ4n) is 3.46. The van der Waals surface area contributed by atoms with Crippen LogP contribution in [0.2, 0.25) is 0 Å². The van der Waals surface area contributed by atoms with Crippen molar-refractivity contribution in [3.05, 3.63) is 71.4 Å². The topological polar surface area (TPSA) is 80.8 Å². The minimum atomic E-state index is -0.550. The minimum Gasteiger partial charge on any atom is -0.462 e. The fraction of sp³-hybridized carbons (Fsp3) is 0.304. The number of ether oxygens (including phenoxy) is 1. The third-order valence-corrected chi connectivity index (χ3v) is 4.69. The molecule has 6 heteroatoms. The third kappa shape index (κ3) is 5.08. The number of nitriles is 1. The molecule has 6 nitrogen and oxygen atoms in total. The van der Waals surface area contributed by atoms with Crippen molar-refractivity contribution in [3.63, 3.8) is 0 Å². The number of nitrogens with zero attached hydrogens (tertiary/aromatic N) is 4. The first-order valence-corrected chi connectivity index (χ1v) is 9.56. The molecule has 0 fully saturated rings. The molecule has 1 heterocycles. The molecule has 1 aliphatic rings. The molecule has 1 aromatic heterocycles. The van der Waals surface area contributed by atoms with Gasteiger partial charge in [0.2, 0.25) is 0 Å². The minimum absolute atomic E-state index is 0.0463. The van der Waals surface area contributed by atoms with Crippen LogP contribution in [0.1, 0.15) is 39.2 Å². The molecule has 1 aliphatic carbocycles. The number of hydrogen-bond donors (Lipinski definition) is 0. The zero-order valence-corrected chi connectivity index (χ0v) is 16.9. The van der Waals surface area contributed by atoms with Crippen LogP contribution < -0.4 is 0 Å². The smallest absolute Gasteiger partial charge is 0.349 e. The molecule has 3 rings (SSSR count). The van der Waals surface area contributed by atoms with Crippen LogP contribution in [0.15, 0.2) is 65.8 Å². The average molecular weight is 388 g/mol. The summed E-state index contributed by atoms with van der Waals surface area (Å²) in [6, 6.07) is 10.0. The molecular formula is C23H24N4O2. The average Bonchev–Trinajstić information content (AvgIpc) is 3.21. The summed E-state index contributed by atoms with van der Waals surface area (Å²) in [6.07, 6.45) is 10.7. The molecule has 0 spiro atoms. The zero-order chi connectivity index (χ0) is 20.9. The lowest BCUT2D eigenvalue weighted by Crippen LogP contribution is -2.19. The van der Waals surface area contributed by atoms with E-state index in [4.69, 9.17) is 4.74 Å². The second-order valence-corrected chi connectivity index (χ2v) is 7.73. The summed E-state index contributed by atoms with van der Waals surface area (Å²) in [6.45, 7) is 6.27. The highest BCUT2D eigenvalue weighted by Gasteiger charge is 2.28. The lowest BCUT2D eigenvalue weighted by atomic mass is 9.74. The summed E-state index contributed by atoms with van der Waals surface area (Å²) in [5.41, 5.74) is 3.86. The number of hydrogen-bond acceptors (Lipinski definition) is 5. The largest absolute Gasteiger partial charge is 0.462 e. The van der Waals surface area contributed by atoms with Gasteiger partial charge in [-0.2, -0.15) is 10.4 Å². The third-order valence-electron chi connectivity index (χ3n) is 4.69. The predicted molar refractivity (Wildman–Crippen MR) is 111 cm³/mol. The SMILES string of the molecule is CCOC(=O)/C(C#N)=C1C=C(/C=C/c2ccc(-n3cncn3)cc2)CC(C)(C)C\1. The van der Waals surface area contributed by atoms with Gasteiger partial charge in [-0.1, -0.05) is 44.2 Å². The van der Waals surface area contributed by atoms with Crippen LogP contribution in [0.5, 0.6) is 0 Å². The molecule has 0 saturated carbocycles. The van der Waals surface area contributed by atoms with Gasteiger partial charge in [-0.25, -0.2) is 14.5 Å². The summed E-state index contributed by atoms with van der Waals surface area (Å²) < 4.78 is 6.75. The molecule has 0 bridgehead atoms. The molecule has 1 aromatic carbocycles. The van der Waals surface area contributed by atoms with Crippen molar-refractivity contribution in [1.82, 2.24) is 14.8 Å². The van der Waals surface area contributed by atoms with E-state index in [0.29, 0.717) is 6.42 Å². The van der Waals surface area contributed by atoms with Crippen molar-refractivity contribution in [1.29, 1.82) is 5.26 Å². The molecule has 0 saturated heterocycles. The number of rotatable bonds is 5. The number of aromatic nitrogens is 3. The molecule has 2 aromatic rings. The van der Waals surface area contributed by atoms with E-state index in [9.17, 15) is 10.1 Å². The number of carbonyl (C=O) groups is 1. The van der Waals surface area contributed by atoms with Crippen LogP contribution in [-0.2, 0) is 9.53 Å². The van der Waals surface area contributed by atoms with Crippen molar-refractivity contribution in [2.24, 2.45) is 5.41 Å². The first-order chi connectivity index (χ1) is 13.9. The Morgan fingerprint density at radius 2 is 2.03 bits per heavy atom. The van der Waals surface area contributed by atoms with Crippen molar-refractivity contribution in [2.45, 2.75) is 33.6 Å². The maximum Gasteiger partial charge on any atom is 0.349 e. The van der Waals surface area contributed by atoms with Gasteiger partial charge >= 0.3 is 5.97 Å². The fourth-order valence-corrected chi connectivity index (χ4v) is 3.46. The van der Waals surface area contributed by atoms with E-state index in [2.05, 4.69) is 23.9 Å². The van der Waals surface area contributed by atoms with Crippen LogP contribution in [0.3, 0.4) is 0 Å². The van der Waals surface area contributed by atoms with Crippen LogP contribution in [0.25, 0.3) is 11.8 Å². The Bertz CT molecular complexity index is 1000. The highest BCUT2D eigenvalue weighted by Crippen LogP contribution is 2.39. The van der Waals surface area contributed by atoms with E-state index in [1.807, 2.05) is 48.6 Å². The van der Waals surface area contributed by atoms with Gasteiger partial charge in [0.1, 0.15) is 24.3 Å². The van der Waals surface area contributed by atoms with Crippen molar-refractivity contribution in [3.8, 4) is 11.8 Å². The Labute approximate surface area is 170 Å². The van der Waals surface area contributed by atoms with Gasteiger partial charge < -0.3 is 4.74 Å². The van der Waals surface area contributed by atoms with Crippen molar-refractivity contribution in [2.75, 3.05) is 6.61 Å². The highest BCUT2D eigenvalue weighted by molar-refractivity contribution is 5.94. The maximum atomic E-state index is 12.1. The van der Waals surface area contributed by atoms with Gasteiger partial charge in [0, 0.05) is 0 Å². The molecule has 0 amide bonds. The number of allylic oxidation sites excluding steroid dienone is 4. The second-order valence-electron chi connectivity index (χ2n) is 7.73. The van der Waals surface area contributed by atoms with Crippen LogP contribution in [0, 0.1) is 16.7 Å². The number of benzene rings is 1. The lowest BCUT2D eigenvalue weighted by Gasteiger charge is -2.30. The number of esters is 1. The Kier molecular flexibility index (Phi) is 6.08. The molecule has 0 atom stereocenters. The Morgan fingerprint density at radius 1 is 1.28 bits per heavy atom. The van der Waals surface area contributed by atoms with Crippen LogP contribution >= 0.6 is 0 Å². The molecule has 148 valence electrons. The van der Waals surface area contributed by atoms with Gasteiger partial charge in [-0.05, 0) is 54.0 Å². The Balaban J connectivity index is 1.85. The van der Waals surface area contributed by atoms with Gasteiger partial charge in [0.15, 0.2) is 0 Å². The summed E-state index contributed by atoms with van der Waals surface area (Å²) in [7, 11) is 0. The molecule has 29 heavy (non-hydrogen) atoms. The van der Waals surface area contributed by atoms with E-state index in [-0.39, 0.29) is 17.6 Å². The Hall–Kier alpha value is -3.46. The number of carbonyl (C=O) groups excluding carboxylic acids is 1. The molecule has 0 unspecified atom stereocenters. The quantitative estimate of drug-likeness (QED) is 0.430. The summed E-state index contributed by atoms with van der Waals surface area (Å²) in [4.78, 5) is 16.1. The van der Waals surface area contributed by atoms with E-state index in [1.54, 1.807) is 17.9 Å². The monoisotopic (exact) mass is 388 g/mol. The standard InChI is InChI=1S/C23H24N4O2/c1-4-29-22(28)21(14-24)19-11-18(12-23(2,3)13-19)6-5-17-7-9-20(10-8-17)27-16-25-15-26-27/h5-11,15-16H,4,12-13H2,1-3H3/b6-5+,21-19+. The summed E-state index contributed by atoms with van der Waals surface area (Å²) in [5, 5.41) is 13.6. The predicted octanol–water partition coefficient (Wildman–Crippen LogP) is 4.41. The molecule has 0 aliphatic heterocycles. The van der Waals surface area contributed by atoms with Crippen molar-refractivity contribution < 1.29 is 9.53 Å². The van der Waals surface area contributed by atoms with Crippen LogP contribution in [0.4, 0.5) is 0 Å². The van der Waals surface area contributed by atoms with E-state index in [1.165, 1.54) is 6.33 Å². The molecule has 0 N–H and O–H groups in total. The lowest BCUT2D eigenvalue weighted by molar-refractivity contribution is -0.138. The van der Waals surface area contributed by atoms with Crippen molar-refractivity contribution >= 4 is 12.0 Å². The first-order valence-electron chi connectivity index (χ1n) is 9.56. The van der Waals surface area contributed by atoms with E-state index >= 15 is 0 Å². The second kappa shape index (κ2) is 8.70. The van der Waals surface area contributed by atoms with Gasteiger partial charge in [0.05, 0.1) is 12.3 Å². The highest BCUT2D eigenvalue weighted by atomic mass is 16.5. The van der Waals surface area contributed by atoms with Gasteiger partial charge in [-0.3, -0.25) is 0 Å². The van der Waals surface area contributed by atoms with Crippen LogP contribution in [-0.4, -0.2) is 27.3 Å². The van der Waals surface area contributed by atoms with E-state index in [0.717, 1.165) is 28.8 Å². The zero-order valence-electron chi connectivity index (χ0n) is 16.9. The first kappa shape index (κ1) is 20.3. The van der Waals surface area contributed by atoms with Gasteiger partial charge in [-0.15, -0.1) is 0 Å². The molecular weight excluding hydrogens is 364 g/mol. The normalized spacial score (nSPS) is 17.5. The maximum absolute atomic E-state index is 12.1. The summed E-state index contributed by atoms with van der Waals surface area (Å²) >= 11 is 0. The van der Waals surface area contributed by atoms with E-state index < -0.39 is 5.97 Å². The van der Waals surface area contributed by atoms with Gasteiger partial charge in [0.25, 0.3) is 0 Å². The summed E-state index contributed by atoms with van der Waals surface area (Å²) in [5.74, 6) is -0.550. The molecule has 0 radical (unpaired) electrons.